The maximum atomic E-state index is 14.0. The molecule has 0 amide bonds. The number of anilines is 1. The Balaban J connectivity index is 2.53. The van der Waals surface area contributed by atoms with Crippen LogP contribution in [-0.2, 0) is 6.18 Å². The van der Waals surface area contributed by atoms with E-state index >= 15 is 0 Å². The Morgan fingerprint density at radius 2 is 1.52 bits per heavy atom. The van der Waals surface area contributed by atoms with Gasteiger partial charge in [-0.3, -0.25) is 0 Å². The second-order valence-corrected chi connectivity index (χ2v) is 6.48. The van der Waals surface area contributed by atoms with E-state index in [9.17, 15) is 35.1 Å². The molecule has 0 radical (unpaired) electrons. The summed E-state index contributed by atoms with van der Waals surface area (Å²) in [5.41, 5.74) is 3.24. The molecule has 3 N–H and O–H groups in total. The van der Waals surface area contributed by atoms with E-state index in [1.54, 1.807) is 0 Å². The number of nitrogens with one attached hydrogen (secondary N) is 1. The van der Waals surface area contributed by atoms with Gasteiger partial charge in [0.25, 0.3) is 0 Å². The van der Waals surface area contributed by atoms with Crippen LogP contribution in [0.2, 0.25) is 0 Å². The first-order valence-electron chi connectivity index (χ1n) is 7.07. The zero-order chi connectivity index (χ0) is 22.1. The van der Waals surface area contributed by atoms with Crippen LogP contribution < -0.4 is 20.5 Å². The number of benzene rings is 2. The van der Waals surface area contributed by atoms with Crippen LogP contribution in [0.3, 0.4) is 0 Å². The number of halogens is 9. The van der Waals surface area contributed by atoms with E-state index < -0.39 is 57.8 Å². The van der Waals surface area contributed by atoms with Gasteiger partial charge in [-0.15, -0.1) is 13.2 Å². The summed E-state index contributed by atoms with van der Waals surface area (Å²) in [6, 6.07) is 1.43. The Bertz CT molecular complexity index is 926. The summed E-state index contributed by atoms with van der Waals surface area (Å²) in [5.74, 6) is -5.95. The summed E-state index contributed by atoms with van der Waals surface area (Å²) in [6.07, 6.45) is -10.1. The van der Waals surface area contributed by atoms with Crippen molar-refractivity contribution in [3.8, 4) is 17.2 Å². The molecule has 14 heteroatoms. The molecule has 0 atom stereocenters. The van der Waals surface area contributed by atoms with Crippen molar-refractivity contribution < 1.29 is 44.6 Å². The normalized spacial score (nSPS) is 11.9. The maximum absolute atomic E-state index is 14.0. The zero-order valence-corrected chi connectivity index (χ0v) is 15.9. The topological polar surface area (TPSA) is 56.5 Å². The number of alkyl halides is 6. The first kappa shape index (κ1) is 22.9. The number of thiocarbonyl (C=S) groups is 1. The molecule has 0 fully saturated rings. The van der Waals surface area contributed by atoms with Crippen molar-refractivity contribution in [2.45, 2.75) is 12.5 Å². The van der Waals surface area contributed by atoms with Gasteiger partial charge in [0.1, 0.15) is 5.75 Å². The lowest BCUT2D eigenvalue weighted by Crippen LogP contribution is -2.20. The molecule has 0 aliphatic carbocycles. The van der Waals surface area contributed by atoms with Gasteiger partial charge in [-0.2, -0.15) is 13.2 Å². The lowest BCUT2D eigenvalue weighted by atomic mass is 10.2. The molecular formula is C15H7BrF8N2O2S. The molecule has 0 saturated heterocycles. The summed E-state index contributed by atoms with van der Waals surface area (Å²) in [5, 5.41) is 1.76. The number of hydrogen-bond donors (Lipinski definition) is 2. The van der Waals surface area contributed by atoms with Crippen LogP contribution in [0.15, 0.2) is 28.7 Å². The van der Waals surface area contributed by atoms with E-state index in [-0.39, 0.29) is 16.6 Å². The average molecular weight is 511 g/mol. The molecule has 0 saturated carbocycles. The Morgan fingerprint density at radius 1 is 0.966 bits per heavy atom. The molecule has 2 rings (SSSR count). The lowest BCUT2D eigenvalue weighted by molar-refractivity contribution is -0.274. The first-order valence-corrected chi connectivity index (χ1v) is 8.27. The third-order valence-electron chi connectivity index (χ3n) is 3.04. The van der Waals surface area contributed by atoms with Crippen molar-refractivity contribution in [2.75, 3.05) is 5.32 Å². The number of hydrogen-bond acceptors (Lipinski definition) is 3. The molecule has 0 heterocycles. The molecule has 0 unspecified atom stereocenters. The molecule has 4 nitrogen and oxygen atoms in total. The van der Waals surface area contributed by atoms with Crippen molar-refractivity contribution in [3.63, 3.8) is 0 Å². The van der Waals surface area contributed by atoms with Gasteiger partial charge in [-0.1, -0.05) is 0 Å². The van der Waals surface area contributed by atoms with Crippen LogP contribution >= 0.6 is 28.1 Å². The molecule has 29 heavy (non-hydrogen) atoms. The Morgan fingerprint density at radius 3 is 1.97 bits per heavy atom. The Labute approximate surface area is 170 Å². The second-order valence-electron chi connectivity index (χ2n) is 5.19. The van der Waals surface area contributed by atoms with E-state index in [1.807, 2.05) is 0 Å². The predicted molar refractivity (Wildman–Crippen MR) is 92.7 cm³/mol. The van der Waals surface area contributed by atoms with Gasteiger partial charge in [-0.05, 0) is 46.3 Å². The van der Waals surface area contributed by atoms with Crippen molar-refractivity contribution >= 4 is 38.9 Å². The summed E-state index contributed by atoms with van der Waals surface area (Å²) in [4.78, 5) is 0. The van der Waals surface area contributed by atoms with Crippen LogP contribution in [0.1, 0.15) is 5.56 Å². The largest absolute Gasteiger partial charge is 0.573 e. The molecular weight excluding hydrogens is 504 g/mol. The van der Waals surface area contributed by atoms with Crippen molar-refractivity contribution in [1.82, 2.24) is 0 Å². The fourth-order valence-electron chi connectivity index (χ4n) is 2.01. The Kier molecular flexibility index (Phi) is 6.47. The predicted octanol–water partition coefficient (Wildman–Crippen LogP) is 6.09. The molecule has 2 aromatic rings. The number of rotatable bonds is 4. The summed E-state index contributed by atoms with van der Waals surface area (Å²) in [6.45, 7) is 0. The third kappa shape index (κ3) is 6.06. The standard InChI is InChI=1S/C15H7BrF8N2O2S/c16-7-3-6(28-15(22,23)24)4-10(26-13(25)29)11(7)27-12-8(17)1-5(2-9(12)18)14(19,20)21/h1-4H,(H3,25,26,29). The van der Waals surface area contributed by atoms with Crippen LogP contribution in [0.5, 0.6) is 17.2 Å². The highest BCUT2D eigenvalue weighted by Crippen LogP contribution is 2.43. The SMILES string of the molecule is NC(=S)Nc1cc(OC(F)(F)F)cc(Br)c1Oc1c(F)cc(C(F)(F)F)cc1F. The van der Waals surface area contributed by atoms with Gasteiger partial charge >= 0.3 is 12.5 Å². The van der Waals surface area contributed by atoms with Crippen molar-refractivity contribution in [3.05, 3.63) is 45.9 Å². The number of ether oxygens (including phenoxy) is 2. The van der Waals surface area contributed by atoms with Gasteiger partial charge in [0.2, 0.25) is 0 Å². The summed E-state index contributed by atoms with van der Waals surface area (Å²) >= 11 is 7.39. The summed E-state index contributed by atoms with van der Waals surface area (Å²) in [7, 11) is 0. The minimum absolute atomic E-state index is 0.00583. The van der Waals surface area contributed by atoms with E-state index in [1.165, 1.54) is 0 Å². The molecule has 0 aliphatic rings. The highest BCUT2D eigenvalue weighted by molar-refractivity contribution is 9.10. The highest BCUT2D eigenvalue weighted by atomic mass is 79.9. The molecule has 0 aliphatic heterocycles. The van der Waals surface area contributed by atoms with Gasteiger partial charge in [0, 0.05) is 6.07 Å². The molecule has 0 aromatic heterocycles. The van der Waals surface area contributed by atoms with Crippen LogP contribution in [0, 0.1) is 11.6 Å². The second kappa shape index (κ2) is 8.18. The molecule has 0 bridgehead atoms. The monoisotopic (exact) mass is 510 g/mol. The highest BCUT2D eigenvalue weighted by Gasteiger charge is 2.34. The zero-order valence-electron chi connectivity index (χ0n) is 13.5. The number of nitrogens with two attached hydrogens (primary N) is 1. The van der Waals surface area contributed by atoms with Crippen molar-refractivity contribution in [2.24, 2.45) is 5.73 Å². The smallest absolute Gasteiger partial charge is 0.448 e. The van der Waals surface area contributed by atoms with E-state index in [0.717, 1.165) is 6.07 Å². The minimum atomic E-state index is -5.06. The van der Waals surface area contributed by atoms with Crippen LogP contribution in [0.4, 0.5) is 40.8 Å². The minimum Gasteiger partial charge on any atom is -0.448 e. The van der Waals surface area contributed by atoms with Crippen LogP contribution in [0.25, 0.3) is 0 Å². The Hall–Kier alpha value is -2.35. The van der Waals surface area contributed by atoms with E-state index in [0.29, 0.717) is 6.07 Å². The fourth-order valence-corrected chi connectivity index (χ4v) is 2.64. The van der Waals surface area contributed by atoms with Crippen molar-refractivity contribution in [1.29, 1.82) is 0 Å². The van der Waals surface area contributed by atoms with Gasteiger partial charge in [0.15, 0.2) is 28.2 Å². The van der Waals surface area contributed by atoms with Crippen LogP contribution in [-0.4, -0.2) is 11.5 Å². The van der Waals surface area contributed by atoms with Gasteiger partial charge < -0.3 is 20.5 Å². The van der Waals surface area contributed by atoms with E-state index in [4.69, 9.17) is 10.5 Å². The lowest BCUT2D eigenvalue weighted by Gasteiger charge is -2.18. The summed E-state index contributed by atoms with van der Waals surface area (Å²) < 4.78 is 112. The molecule has 158 valence electrons. The molecule has 0 spiro atoms. The quantitative estimate of drug-likeness (QED) is 0.385. The maximum Gasteiger partial charge on any atom is 0.573 e. The molecule has 2 aromatic carbocycles. The fraction of sp³-hybridized carbons (Fsp3) is 0.133. The van der Waals surface area contributed by atoms with E-state index in [2.05, 4.69) is 38.2 Å². The average Bonchev–Trinajstić information content (AvgIpc) is 2.49. The van der Waals surface area contributed by atoms with Gasteiger partial charge in [0.05, 0.1) is 15.7 Å². The third-order valence-corrected chi connectivity index (χ3v) is 3.73. The van der Waals surface area contributed by atoms with Gasteiger partial charge in [-0.25, -0.2) is 8.78 Å². The first-order chi connectivity index (χ1) is 13.2.